The van der Waals surface area contributed by atoms with Crippen LogP contribution in [0.3, 0.4) is 0 Å². The third kappa shape index (κ3) is 3.96. The van der Waals surface area contributed by atoms with E-state index in [9.17, 15) is 27.9 Å². The Balaban J connectivity index is 1.51. The first-order valence-corrected chi connectivity index (χ1v) is 11.4. The van der Waals surface area contributed by atoms with Gasteiger partial charge in [0.1, 0.15) is 18.4 Å². The van der Waals surface area contributed by atoms with Crippen LogP contribution in [0.5, 0.6) is 0 Å². The van der Waals surface area contributed by atoms with Gasteiger partial charge in [0.05, 0.1) is 31.4 Å². The van der Waals surface area contributed by atoms with Crippen molar-refractivity contribution in [3.05, 3.63) is 16.4 Å². The van der Waals surface area contributed by atoms with Gasteiger partial charge in [-0.3, -0.25) is 14.2 Å². The number of halogens is 3. The number of aliphatic hydroxyl groups is 1. The Bertz CT molecular complexity index is 970. The van der Waals surface area contributed by atoms with E-state index in [2.05, 4.69) is 4.98 Å². The molecule has 9 nitrogen and oxygen atoms in total. The number of hydrogen-bond donors (Lipinski definition) is 1. The normalized spacial score (nSPS) is 31.8. The van der Waals surface area contributed by atoms with E-state index in [0.717, 1.165) is 17.7 Å². The SMILES string of the molecule is CC1C[C@H](O)CN1c1cc(=O)n2c(n1)N(CC(=O)N1C3CCC1COC3)[C@H](C(F)(F)F)CC2. The highest BCUT2D eigenvalue weighted by Gasteiger charge is 2.49. The van der Waals surface area contributed by atoms with E-state index < -0.39 is 36.3 Å². The fraction of sp³-hybridized carbons (Fsp3) is 0.762. The summed E-state index contributed by atoms with van der Waals surface area (Å²) in [6.45, 7) is 2.25. The van der Waals surface area contributed by atoms with Crippen LogP contribution in [0.1, 0.15) is 32.6 Å². The van der Waals surface area contributed by atoms with Crippen LogP contribution in [0.25, 0.3) is 0 Å². The van der Waals surface area contributed by atoms with Gasteiger partial charge in [0.15, 0.2) is 0 Å². The van der Waals surface area contributed by atoms with Gasteiger partial charge in [0.25, 0.3) is 5.56 Å². The maximum absolute atomic E-state index is 14.0. The Morgan fingerprint density at radius 3 is 2.55 bits per heavy atom. The minimum absolute atomic E-state index is 0.115. The quantitative estimate of drug-likeness (QED) is 0.695. The summed E-state index contributed by atoms with van der Waals surface area (Å²) in [6.07, 6.45) is -3.50. The summed E-state index contributed by atoms with van der Waals surface area (Å²) in [4.78, 5) is 34.9. The molecule has 2 bridgehead atoms. The maximum atomic E-state index is 14.0. The summed E-state index contributed by atoms with van der Waals surface area (Å²) >= 11 is 0. The third-order valence-corrected chi connectivity index (χ3v) is 7.29. The van der Waals surface area contributed by atoms with Crippen molar-refractivity contribution in [3.63, 3.8) is 0 Å². The molecule has 3 saturated heterocycles. The first-order chi connectivity index (χ1) is 15.6. The van der Waals surface area contributed by atoms with E-state index in [4.69, 9.17) is 4.74 Å². The van der Waals surface area contributed by atoms with Crippen molar-refractivity contribution in [2.75, 3.05) is 36.1 Å². The van der Waals surface area contributed by atoms with Crippen molar-refractivity contribution in [2.45, 2.75) is 75.6 Å². The summed E-state index contributed by atoms with van der Waals surface area (Å²) < 4.78 is 48.7. The first kappa shape index (κ1) is 22.5. The minimum atomic E-state index is -4.58. The lowest BCUT2D eigenvalue weighted by Gasteiger charge is -2.41. The van der Waals surface area contributed by atoms with Crippen LogP contribution < -0.4 is 15.4 Å². The topological polar surface area (TPSA) is 91.1 Å². The molecule has 0 saturated carbocycles. The molecule has 0 radical (unpaired) electrons. The van der Waals surface area contributed by atoms with Gasteiger partial charge in [0.2, 0.25) is 11.9 Å². The van der Waals surface area contributed by atoms with Gasteiger partial charge in [-0.05, 0) is 32.6 Å². The molecule has 0 aromatic carbocycles. The molecule has 4 aliphatic heterocycles. The van der Waals surface area contributed by atoms with Gasteiger partial charge in [-0.15, -0.1) is 0 Å². The van der Waals surface area contributed by atoms with Gasteiger partial charge >= 0.3 is 6.18 Å². The summed E-state index contributed by atoms with van der Waals surface area (Å²) in [5, 5.41) is 9.99. The van der Waals surface area contributed by atoms with Gasteiger partial charge in [0, 0.05) is 25.2 Å². The predicted molar refractivity (Wildman–Crippen MR) is 112 cm³/mol. The lowest BCUT2D eigenvalue weighted by Crippen LogP contribution is -2.58. The summed E-state index contributed by atoms with van der Waals surface area (Å²) in [5.74, 6) is -0.325. The molecular formula is C21H28F3N5O4. The number of morpholine rings is 1. The first-order valence-electron chi connectivity index (χ1n) is 11.4. The highest BCUT2D eigenvalue weighted by Crippen LogP contribution is 2.36. The zero-order valence-corrected chi connectivity index (χ0v) is 18.4. The van der Waals surface area contributed by atoms with Crippen LogP contribution in [0.4, 0.5) is 24.9 Å². The molecule has 0 spiro atoms. The number of aromatic nitrogens is 2. The van der Waals surface area contributed by atoms with E-state index >= 15 is 0 Å². The Kier molecular flexibility index (Phi) is 5.55. The van der Waals surface area contributed by atoms with E-state index in [-0.39, 0.29) is 49.4 Å². The molecule has 5 atom stereocenters. The zero-order valence-electron chi connectivity index (χ0n) is 18.4. The number of carbonyl (C=O) groups excluding carboxylic acids is 1. The van der Waals surface area contributed by atoms with Gasteiger partial charge in [-0.1, -0.05) is 0 Å². The average molecular weight is 471 g/mol. The Morgan fingerprint density at radius 2 is 1.94 bits per heavy atom. The summed E-state index contributed by atoms with van der Waals surface area (Å²) in [7, 11) is 0. The average Bonchev–Trinajstić information content (AvgIpc) is 3.21. The summed E-state index contributed by atoms with van der Waals surface area (Å²) in [5.41, 5.74) is -0.465. The number of ether oxygens (including phenoxy) is 1. The molecule has 3 fully saturated rings. The van der Waals surface area contributed by atoms with E-state index in [1.807, 2.05) is 6.92 Å². The van der Waals surface area contributed by atoms with Crippen LogP contribution in [0, 0.1) is 0 Å². The maximum Gasteiger partial charge on any atom is 0.408 e. The number of hydrogen-bond acceptors (Lipinski definition) is 7. The number of aliphatic hydroxyl groups excluding tert-OH is 1. The van der Waals surface area contributed by atoms with Crippen molar-refractivity contribution in [1.29, 1.82) is 0 Å². The van der Waals surface area contributed by atoms with Crippen LogP contribution in [-0.4, -0.2) is 88.2 Å². The molecule has 5 rings (SSSR count). The van der Waals surface area contributed by atoms with Crippen LogP contribution >= 0.6 is 0 Å². The van der Waals surface area contributed by atoms with Crippen molar-refractivity contribution in [3.8, 4) is 0 Å². The standard InChI is InChI=1S/C21H28F3N5O4/c1-12-6-15(30)8-27(12)17-7-18(31)26-5-4-16(21(22,23)24)28(20(26)25-17)9-19(32)29-13-2-3-14(29)11-33-10-13/h7,12-16,30H,2-6,8-11H2,1H3/t12?,13?,14?,15-,16-/m0/s1. The predicted octanol–water partition coefficient (Wildman–Crippen LogP) is 0.734. The molecule has 1 N–H and O–H groups in total. The molecule has 33 heavy (non-hydrogen) atoms. The van der Waals surface area contributed by atoms with Crippen molar-refractivity contribution in [2.24, 2.45) is 0 Å². The zero-order chi connectivity index (χ0) is 23.5. The number of β-amino-alcohol motifs (C(OH)–C–C–N with tert-alkyl or cyclic N) is 1. The van der Waals surface area contributed by atoms with E-state index in [1.165, 1.54) is 10.6 Å². The fourth-order valence-corrected chi connectivity index (χ4v) is 5.71. The number of amides is 1. The number of rotatable bonds is 3. The smallest absolute Gasteiger partial charge is 0.391 e. The second-order valence-electron chi connectivity index (χ2n) is 9.49. The fourth-order valence-electron chi connectivity index (χ4n) is 5.71. The van der Waals surface area contributed by atoms with Gasteiger partial charge < -0.3 is 24.5 Å². The summed E-state index contributed by atoms with van der Waals surface area (Å²) in [6, 6.07) is -0.980. The highest BCUT2D eigenvalue weighted by molar-refractivity contribution is 5.82. The number of fused-ring (bicyclic) bond motifs is 3. The van der Waals surface area contributed by atoms with Gasteiger partial charge in [-0.2, -0.15) is 18.2 Å². The molecule has 4 aliphatic rings. The number of anilines is 2. The van der Waals surface area contributed by atoms with E-state index in [1.54, 1.807) is 9.80 Å². The van der Waals surface area contributed by atoms with Crippen LogP contribution in [0.2, 0.25) is 0 Å². The molecule has 1 aromatic heterocycles. The monoisotopic (exact) mass is 471 g/mol. The second-order valence-corrected chi connectivity index (χ2v) is 9.49. The Labute approximate surface area is 188 Å². The Morgan fingerprint density at radius 1 is 1.24 bits per heavy atom. The minimum Gasteiger partial charge on any atom is -0.391 e. The lowest BCUT2D eigenvalue weighted by atomic mass is 10.1. The van der Waals surface area contributed by atoms with Crippen LogP contribution in [0.15, 0.2) is 10.9 Å². The largest absolute Gasteiger partial charge is 0.408 e. The Hall–Kier alpha value is -2.34. The molecule has 1 amide bonds. The van der Waals surface area contributed by atoms with Crippen molar-refractivity contribution < 1.29 is 27.8 Å². The van der Waals surface area contributed by atoms with E-state index in [0.29, 0.717) is 19.6 Å². The number of alkyl halides is 3. The molecule has 5 heterocycles. The molecule has 1 aromatic rings. The highest BCUT2D eigenvalue weighted by atomic mass is 19.4. The number of carbonyl (C=O) groups is 1. The molecular weight excluding hydrogens is 443 g/mol. The van der Waals surface area contributed by atoms with Gasteiger partial charge in [-0.25, -0.2) is 0 Å². The molecule has 182 valence electrons. The molecule has 12 heteroatoms. The third-order valence-electron chi connectivity index (χ3n) is 7.29. The molecule has 0 aliphatic carbocycles. The van der Waals surface area contributed by atoms with Crippen molar-refractivity contribution in [1.82, 2.24) is 14.5 Å². The van der Waals surface area contributed by atoms with Crippen LogP contribution in [-0.2, 0) is 16.1 Å². The lowest BCUT2D eigenvalue weighted by molar-refractivity contribution is -0.155. The van der Waals surface area contributed by atoms with Crippen molar-refractivity contribution >= 4 is 17.7 Å². The second kappa shape index (κ2) is 8.15. The molecule has 3 unspecified atom stereocenters. The number of nitrogens with zero attached hydrogens (tertiary/aromatic N) is 5.